The van der Waals surface area contributed by atoms with E-state index in [1.165, 1.54) is 12.8 Å². The highest BCUT2D eigenvalue weighted by atomic mass is 32.4. The van der Waals surface area contributed by atoms with E-state index in [2.05, 4.69) is 34.6 Å². The molecule has 140 valence electrons. The molecule has 27 heavy (non-hydrogen) atoms. The van der Waals surface area contributed by atoms with Crippen LogP contribution in [0.4, 0.5) is 5.82 Å². The number of nitrogens with zero attached hydrogens (tertiary/aromatic N) is 6. The second kappa shape index (κ2) is 7.20. The van der Waals surface area contributed by atoms with Crippen molar-refractivity contribution in [1.29, 1.82) is 5.26 Å². The van der Waals surface area contributed by atoms with Crippen LogP contribution < -0.4 is 5.30 Å². The van der Waals surface area contributed by atoms with Crippen LogP contribution in [0.2, 0.25) is 0 Å². The highest BCUT2D eigenvalue weighted by Crippen LogP contribution is 2.58. The number of hydrogen-bond acceptors (Lipinski definition) is 4. The topological polar surface area (TPSA) is 60.5 Å². The number of nitriles is 1. The number of aliphatic imine (C=N–C) groups is 1. The van der Waals surface area contributed by atoms with Gasteiger partial charge in [-0.3, -0.25) is 4.67 Å². The van der Waals surface area contributed by atoms with Gasteiger partial charge in [-0.2, -0.15) is 10.4 Å². The fourth-order valence-corrected chi connectivity index (χ4v) is 8.38. The van der Waals surface area contributed by atoms with Crippen molar-refractivity contribution in [3.8, 4) is 6.07 Å². The van der Waals surface area contributed by atoms with Crippen LogP contribution in [0.1, 0.15) is 30.5 Å². The van der Waals surface area contributed by atoms with E-state index < -0.39 is 6.34 Å². The van der Waals surface area contributed by atoms with Gasteiger partial charge in [0.25, 0.3) is 0 Å². The highest BCUT2D eigenvalue weighted by molar-refractivity contribution is 8.16. The third-order valence-electron chi connectivity index (χ3n) is 5.22. The minimum atomic E-state index is -2.21. The summed E-state index contributed by atoms with van der Waals surface area (Å²) in [6.07, 6.45) is 0.562. The van der Waals surface area contributed by atoms with Gasteiger partial charge in [0.1, 0.15) is 12.2 Å². The fraction of sp³-hybridized carbons (Fsp3) is 0.421. The van der Waals surface area contributed by atoms with Crippen molar-refractivity contribution in [3.63, 3.8) is 0 Å². The van der Waals surface area contributed by atoms with Gasteiger partial charge in [0, 0.05) is 25.7 Å². The molecule has 0 amide bonds. The summed E-state index contributed by atoms with van der Waals surface area (Å²) in [5.41, 5.74) is 2.01. The standard InChI is InChI=1S/C19H23N6PS/c1-15-17-19(25(22-15)14-8-11-20)21-18(16-9-4-3-5-10-16)23(2)26(17,27)24-12-6-7-13-24/h3-5,9-10H,6-8,12-14H2,1-2H3/t26-/m1/s1. The van der Waals surface area contributed by atoms with E-state index in [1.807, 2.05) is 29.8 Å². The number of rotatable bonds is 4. The lowest BCUT2D eigenvalue weighted by molar-refractivity contribution is 0.538. The molecule has 0 N–H and O–H groups in total. The summed E-state index contributed by atoms with van der Waals surface area (Å²) in [5, 5.41) is 14.9. The number of aryl methyl sites for hydroxylation is 2. The van der Waals surface area contributed by atoms with Crippen molar-refractivity contribution in [2.24, 2.45) is 4.99 Å². The first-order valence-corrected chi connectivity index (χ1v) is 12.0. The zero-order valence-electron chi connectivity index (χ0n) is 15.7. The summed E-state index contributed by atoms with van der Waals surface area (Å²) in [6.45, 7) is 4.60. The largest absolute Gasteiger partial charge is 0.316 e. The van der Waals surface area contributed by atoms with Gasteiger partial charge in [-0.15, -0.1) is 0 Å². The maximum atomic E-state index is 9.03. The average Bonchev–Trinajstić information content (AvgIpc) is 3.32. The summed E-state index contributed by atoms with van der Waals surface area (Å²) < 4.78 is 6.58. The average molecular weight is 398 g/mol. The van der Waals surface area contributed by atoms with Crippen LogP contribution in [0, 0.1) is 18.3 Å². The lowest BCUT2D eigenvalue weighted by Gasteiger charge is -2.42. The van der Waals surface area contributed by atoms with Crippen molar-refractivity contribution in [2.75, 3.05) is 20.1 Å². The molecule has 1 fully saturated rings. The Labute approximate surface area is 165 Å². The number of aromatic nitrogens is 2. The van der Waals surface area contributed by atoms with Gasteiger partial charge in [0.05, 0.1) is 30.0 Å². The van der Waals surface area contributed by atoms with E-state index in [1.54, 1.807) is 0 Å². The summed E-state index contributed by atoms with van der Waals surface area (Å²) in [6, 6.07) is 12.4. The van der Waals surface area contributed by atoms with Crippen LogP contribution in [0.3, 0.4) is 0 Å². The molecule has 1 aromatic heterocycles. The first-order valence-electron chi connectivity index (χ1n) is 9.26. The molecule has 0 saturated carbocycles. The van der Waals surface area contributed by atoms with Crippen LogP contribution >= 0.6 is 6.34 Å². The van der Waals surface area contributed by atoms with E-state index in [-0.39, 0.29) is 0 Å². The minimum Gasteiger partial charge on any atom is -0.316 e. The molecule has 2 aliphatic heterocycles. The number of benzene rings is 1. The molecule has 2 aliphatic rings. The van der Waals surface area contributed by atoms with Gasteiger partial charge < -0.3 is 4.67 Å². The molecule has 1 atom stereocenters. The van der Waals surface area contributed by atoms with Crippen molar-refractivity contribution in [2.45, 2.75) is 32.7 Å². The zero-order valence-corrected chi connectivity index (χ0v) is 17.4. The van der Waals surface area contributed by atoms with Gasteiger partial charge in [-0.05, 0) is 19.8 Å². The van der Waals surface area contributed by atoms with Gasteiger partial charge >= 0.3 is 0 Å². The molecule has 1 saturated heterocycles. The number of fused-ring (bicyclic) bond motifs is 1. The Morgan fingerprint density at radius 3 is 2.59 bits per heavy atom. The van der Waals surface area contributed by atoms with Gasteiger partial charge in [-0.25, -0.2) is 9.67 Å². The number of hydrogen-bond donors (Lipinski definition) is 0. The zero-order chi connectivity index (χ0) is 19.0. The Kier molecular flexibility index (Phi) is 4.90. The molecule has 0 unspecified atom stereocenters. The van der Waals surface area contributed by atoms with Crippen LogP contribution in [0.15, 0.2) is 35.3 Å². The van der Waals surface area contributed by atoms with Gasteiger partial charge in [-0.1, -0.05) is 42.1 Å². The van der Waals surface area contributed by atoms with Crippen LogP contribution in [0.25, 0.3) is 0 Å². The predicted octanol–water partition coefficient (Wildman–Crippen LogP) is 3.16. The van der Waals surface area contributed by atoms with Crippen molar-refractivity contribution in [3.05, 3.63) is 41.6 Å². The van der Waals surface area contributed by atoms with Crippen molar-refractivity contribution < 1.29 is 0 Å². The van der Waals surface area contributed by atoms with E-state index in [0.29, 0.717) is 13.0 Å². The molecular formula is C19H23N6PS. The first-order chi connectivity index (χ1) is 13.1. The summed E-state index contributed by atoms with van der Waals surface area (Å²) in [5.74, 6) is 1.74. The van der Waals surface area contributed by atoms with Crippen LogP contribution in [0.5, 0.6) is 0 Å². The lowest BCUT2D eigenvalue weighted by atomic mass is 10.2. The second-order valence-corrected chi connectivity index (χ2v) is 11.1. The highest BCUT2D eigenvalue weighted by Gasteiger charge is 2.43. The normalized spacial score (nSPS) is 22.4. The predicted molar refractivity (Wildman–Crippen MR) is 112 cm³/mol. The Hall–Kier alpha value is -2.00. The van der Waals surface area contributed by atoms with Crippen LogP contribution in [-0.2, 0) is 18.4 Å². The Morgan fingerprint density at radius 1 is 1.22 bits per heavy atom. The Bertz CT molecular complexity index is 968. The Morgan fingerprint density at radius 2 is 1.93 bits per heavy atom. The maximum absolute atomic E-state index is 9.03. The first kappa shape index (κ1) is 18.4. The third-order valence-corrected chi connectivity index (χ3v) is 10.5. The second-order valence-electron chi connectivity index (χ2n) is 6.92. The van der Waals surface area contributed by atoms with Crippen molar-refractivity contribution in [1.82, 2.24) is 19.1 Å². The molecule has 6 nitrogen and oxygen atoms in total. The summed E-state index contributed by atoms with van der Waals surface area (Å²) in [7, 11) is 2.08. The molecule has 0 spiro atoms. The monoisotopic (exact) mass is 398 g/mol. The Balaban J connectivity index is 1.94. The summed E-state index contributed by atoms with van der Waals surface area (Å²) >= 11 is 6.45. The third kappa shape index (κ3) is 2.93. The SMILES string of the molecule is Cc1nn(CCC#N)c2c1[P@](=S)(N1CCCC1)N(C)C(c1ccccc1)=N2. The van der Waals surface area contributed by atoms with Crippen LogP contribution in [-0.4, -0.2) is 45.1 Å². The smallest absolute Gasteiger partial charge is 0.164 e. The quantitative estimate of drug-likeness (QED) is 0.741. The van der Waals surface area contributed by atoms with E-state index >= 15 is 0 Å². The van der Waals surface area contributed by atoms with Crippen molar-refractivity contribution >= 4 is 35.1 Å². The molecule has 3 heterocycles. The molecular weight excluding hydrogens is 375 g/mol. The van der Waals surface area contributed by atoms with Gasteiger partial charge in [0.15, 0.2) is 5.82 Å². The molecule has 0 radical (unpaired) electrons. The molecule has 2 aromatic rings. The molecule has 8 heteroatoms. The van der Waals surface area contributed by atoms with E-state index in [0.717, 1.165) is 41.3 Å². The minimum absolute atomic E-state index is 0.409. The van der Waals surface area contributed by atoms with Gasteiger partial charge in [0.2, 0.25) is 0 Å². The van der Waals surface area contributed by atoms with E-state index in [9.17, 15) is 0 Å². The molecule has 4 rings (SSSR count). The van der Waals surface area contributed by atoms with E-state index in [4.69, 9.17) is 27.2 Å². The summed E-state index contributed by atoms with van der Waals surface area (Å²) in [4.78, 5) is 5.01. The number of amidine groups is 1. The molecule has 0 bridgehead atoms. The molecule has 1 aromatic carbocycles. The maximum Gasteiger partial charge on any atom is 0.164 e. The molecule has 0 aliphatic carbocycles. The lowest BCUT2D eigenvalue weighted by Crippen LogP contribution is -2.40. The fourth-order valence-electron chi connectivity index (χ4n) is 3.92.